The maximum atomic E-state index is 12.2. The Morgan fingerprint density at radius 2 is 2.24 bits per heavy atom. The number of pyridine rings is 1. The smallest absolute Gasteiger partial charge is 0.143 e. The molecule has 3 aliphatic rings. The van der Waals surface area contributed by atoms with Gasteiger partial charge in [-0.25, -0.2) is 4.98 Å². The number of piperidine rings is 1. The Bertz CT molecular complexity index is 516. The molecule has 4 heteroatoms. The summed E-state index contributed by atoms with van der Waals surface area (Å²) in [6.07, 6.45) is 3.04. The van der Waals surface area contributed by atoms with Crippen molar-refractivity contribution in [2.45, 2.75) is 43.8 Å². The number of rotatable bonds is 0. The lowest BCUT2D eigenvalue weighted by molar-refractivity contribution is -0.126. The molecule has 0 amide bonds. The van der Waals surface area contributed by atoms with Crippen molar-refractivity contribution in [2.75, 3.05) is 0 Å². The van der Waals surface area contributed by atoms with E-state index in [1.54, 1.807) is 0 Å². The van der Waals surface area contributed by atoms with E-state index in [9.17, 15) is 4.79 Å². The molecule has 17 heavy (non-hydrogen) atoms. The normalized spacial score (nSPS) is 38.1. The molecule has 4 atom stereocenters. The van der Waals surface area contributed by atoms with Crippen molar-refractivity contribution in [3.8, 4) is 0 Å². The minimum atomic E-state index is 0.0577. The van der Waals surface area contributed by atoms with Crippen LogP contribution in [-0.2, 0) is 11.3 Å². The summed E-state index contributed by atoms with van der Waals surface area (Å²) in [6, 6.07) is 4.70. The van der Waals surface area contributed by atoms with E-state index in [-0.39, 0.29) is 5.92 Å². The maximum absolute atomic E-state index is 12.2. The van der Waals surface area contributed by atoms with E-state index in [1.165, 1.54) is 0 Å². The lowest BCUT2D eigenvalue weighted by Crippen LogP contribution is -2.51. The first-order chi connectivity index (χ1) is 8.24. The van der Waals surface area contributed by atoms with Crippen LogP contribution in [-0.4, -0.2) is 27.8 Å². The summed E-state index contributed by atoms with van der Waals surface area (Å²) in [4.78, 5) is 19.1. The second kappa shape index (κ2) is 3.30. The molecule has 0 aromatic carbocycles. The fourth-order valence-electron chi connectivity index (χ4n) is 3.81. The molecule has 4 bridgehead atoms. The van der Waals surface area contributed by atoms with Crippen LogP contribution >= 0.6 is 11.6 Å². The average molecular weight is 249 g/mol. The van der Waals surface area contributed by atoms with Crippen molar-refractivity contribution < 1.29 is 4.79 Å². The number of hydrogen-bond acceptors (Lipinski definition) is 3. The van der Waals surface area contributed by atoms with Gasteiger partial charge in [0.1, 0.15) is 10.9 Å². The monoisotopic (exact) mass is 248 g/mol. The number of aromatic nitrogens is 1. The standard InChI is InChI=1S/C13H13ClN2O/c14-12-4-2-8-9(15-12)6-16-7-1-3-10(16)13(8)11(17)5-7/h2,4,7,10,13H,1,3,5-6H2/t7-,10+,13+/m0/s1. The van der Waals surface area contributed by atoms with Gasteiger partial charge in [-0.15, -0.1) is 0 Å². The number of halogens is 1. The Hall–Kier alpha value is -0.930. The summed E-state index contributed by atoms with van der Waals surface area (Å²) >= 11 is 5.94. The number of hydrogen-bond donors (Lipinski definition) is 0. The second-order valence-electron chi connectivity index (χ2n) is 5.29. The Kier molecular flexibility index (Phi) is 1.95. The number of ketones is 1. The van der Waals surface area contributed by atoms with Gasteiger partial charge in [0.05, 0.1) is 11.6 Å². The van der Waals surface area contributed by atoms with Crippen LogP contribution in [0.3, 0.4) is 0 Å². The topological polar surface area (TPSA) is 33.2 Å². The summed E-state index contributed by atoms with van der Waals surface area (Å²) < 4.78 is 0. The molecule has 0 spiro atoms. The molecular weight excluding hydrogens is 236 g/mol. The highest BCUT2D eigenvalue weighted by molar-refractivity contribution is 6.29. The largest absolute Gasteiger partial charge is 0.299 e. The third kappa shape index (κ3) is 1.27. The fraction of sp³-hybridized carbons (Fsp3) is 0.538. The highest BCUT2D eigenvalue weighted by Crippen LogP contribution is 2.47. The van der Waals surface area contributed by atoms with Crippen LogP contribution in [0, 0.1) is 0 Å². The third-order valence-corrected chi connectivity index (χ3v) is 4.71. The highest BCUT2D eigenvalue weighted by Gasteiger charge is 2.50. The Morgan fingerprint density at radius 3 is 3.12 bits per heavy atom. The second-order valence-corrected chi connectivity index (χ2v) is 5.68. The van der Waals surface area contributed by atoms with Crippen LogP contribution in [0.5, 0.6) is 0 Å². The summed E-state index contributed by atoms with van der Waals surface area (Å²) in [5, 5.41) is 0.532. The quantitative estimate of drug-likeness (QED) is 0.660. The van der Waals surface area contributed by atoms with E-state index in [4.69, 9.17) is 11.6 Å². The molecule has 0 aliphatic carbocycles. The summed E-state index contributed by atoms with van der Waals surface area (Å²) in [5.41, 5.74) is 2.14. The summed E-state index contributed by atoms with van der Waals surface area (Å²) in [7, 11) is 0. The Balaban J connectivity index is 1.90. The minimum absolute atomic E-state index is 0.0577. The van der Waals surface area contributed by atoms with Crippen molar-refractivity contribution in [2.24, 2.45) is 0 Å². The number of nitrogens with zero attached hydrogens (tertiary/aromatic N) is 2. The number of Topliss-reactive ketones (excluding diaryl/α,β-unsaturated/α-hetero) is 1. The molecule has 1 aromatic heterocycles. The van der Waals surface area contributed by atoms with Crippen LogP contribution in [0.25, 0.3) is 0 Å². The van der Waals surface area contributed by atoms with Gasteiger partial charge in [0.2, 0.25) is 0 Å². The molecule has 3 nitrogen and oxygen atoms in total. The number of carbonyl (C=O) groups is 1. The van der Waals surface area contributed by atoms with E-state index in [1.807, 2.05) is 12.1 Å². The van der Waals surface area contributed by atoms with Crippen LogP contribution in [0.15, 0.2) is 12.1 Å². The lowest BCUT2D eigenvalue weighted by Gasteiger charge is -2.43. The van der Waals surface area contributed by atoms with Crippen molar-refractivity contribution in [1.82, 2.24) is 9.88 Å². The van der Waals surface area contributed by atoms with Gasteiger partial charge in [-0.05, 0) is 24.5 Å². The van der Waals surface area contributed by atoms with Crippen LogP contribution in [0.4, 0.5) is 0 Å². The third-order valence-electron chi connectivity index (χ3n) is 4.50. The molecule has 1 aromatic rings. The molecule has 2 fully saturated rings. The predicted octanol–water partition coefficient (Wildman–Crippen LogP) is 2.14. The maximum Gasteiger partial charge on any atom is 0.143 e. The SMILES string of the molecule is O=C1C[C@@H]2CC[C@@H]3[C@H]1c1ccc(Cl)nc1CN23. The van der Waals surface area contributed by atoms with E-state index < -0.39 is 0 Å². The molecule has 0 radical (unpaired) electrons. The van der Waals surface area contributed by atoms with E-state index in [0.717, 1.165) is 37.1 Å². The Morgan fingerprint density at radius 1 is 1.35 bits per heavy atom. The van der Waals surface area contributed by atoms with Gasteiger partial charge < -0.3 is 0 Å². The molecule has 4 heterocycles. The fourth-order valence-corrected chi connectivity index (χ4v) is 3.98. The van der Waals surface area contributed by atoms with Gasteiger partial charge >= 0.3 is 0 Å². The first-order valence-corrected chi connectivity index (χ1v) is 6.55. The van der Waals surface area contributed by atoms with E-state index in [0.29, 0.717) is 23.0 Å². The average Bonchev–Trinajstić information content (AvgIpc) is 2.58. The first-order valence-electron chi connectivity index (χ1n) is 6.18. The zero-order valence-electron chi connectivity index (χ0n) is 9.40. The van der Waals surface area contributed by atoms with Crippen molar-refractivity contribution >= 4 is 17.4 Å². The molecule has 88 valence electrons. The van der Waals surface area contributed by atoms with Gasteiger partial charge in [0.15, 0.2) is 0 Å². The zero-order chi connectivity index (χ0) is 11.6. The minimum Gasteiger partial charge on any atom is -0.299 e. The van der Waals surface area contributed by atoms with Crippen molar-refractivity contribution in [1.29, 1.82) is 0 Å². The van der Waals surface area contributed by atoms with Gasteiger partial charge in [-0.2, -0.15) is 0 Å². The van der Waals surface area contributed by atoms with Gasteiger partial charge in [-0.1, -0.05) is 17.7 Å². The van der Waals surface area contributed by atoms with E-state index >= 15 is 0 Å². The molecule has 0 saturated carbocycles. The molecule has 2 saturated heterocycles. The molecule has 1 unspecified atom stereocenters. The number of carbonyl (C=O) groups excluding carboxylic acids is 1. The zero-order valence-corrected chi connectivity index (χ0v) is 10.2. The molecule has 4 rings (SSSR count). The van der Waals surface area contributed by atoms with E-state index in [2.05, 4.69) is 9.88 Å². The Labute approximate surface area is 105 Å². The number of fused-ring (bicyclic) bond motifs is 2. The molecular formula is C13H13ClN2O. The summed E-state index contributed by atoms with van der Waals surface area (Å²) in [6.45, 7) is 0.870. The van der Waals surface area contributed by atoms with Gasteiger partial charge in [0, 0.05) is 25.0 Å². The first kappa shape index (κ1) is 10.0. The van der Waals surface area contributed by atoms with Crippen LogP contribution in [0.1, 0.15) is 36.4 Å². The molecule has 3 aliphatic heterocycles. The van der Waals surface area contributed by atoms with Crippen LogP contribution < -0.4 is 0 Å². The van der Waals surface area contributed by atoms with Gasteiger partial charge in [-0.3, -0.25) is 9.69 Å². The predicted molar refractivity (Wildman–Crippen MR) is 64.0 cm³/mol. The summed E-state index contributed by atoms with van der Waals surface area (Å²) in [5.74, 6) is 0.459. The van der Waals surface area contributed by atoms with Gasteiger partial charge in [0.25, 0.3) is 0 Å². The highest BCUT2D eigenvalue weighted by atomic mass is 35.5. The van der Waals surface area contributed by atoms with Crippen molar-refractivity contribution in [3.63, 3.8) is 0 Å². The molecule has 0 N–H and O–H groups in total. The van der Waals surface area contributed by atoms with Crippen molar-refractivity contribution in [3.05, 3.63) is 28.5 Å². The van der Waals surface area contributed by atoms with Crippen LogP contribution in [0.2, 0.25) is 5.15 Å². The lowest BCUT2D eigenvalue weighted by atomic mass is 9.79.